The summed E-state index contributed by atoms with van der Waals surface area (Å²) in [6, 6.07) is 12.5. The van der Waals surface area contributed by atoms with E-state index in [-0.39, 0.29) is 0 Å². The third-order valence-corrected chi connectivity index (χ3v) is 4.30. The van der Waals surface area contributed by atoms with Gasteiger partial charge in [-0.05, 0) is 68.7 Å². The van der Waals surface area contributed by atoms with Crippen molar-refractivity contribution < 1.29 is 14.7 Å². The molecule has 0 saturated carbocycles. The number of nitrogens with zero attached hydrogens (tertiary/aromatic N) is 1. The molecular weight excluding hydrogens is 340 g/mol. The van der Waals surface area contributed by atoms with E-state index in [1.54, 1.807) is 39.0 Å². The van der Waals surface area contributed by atoms with Crippen LogP contribution in [0.15, 0.2) is 47.6 Å². The highest BCUT2D eigenvalue weighted by Crippen LogP contribution is 2.27. The Balaban J connectivity index is 2.14. The predicted octanol–water partition coefficient (Wildman–Crippen LogP) is 5.33. The van der Waals surface area contributed by atoms with Gasteiger partial charge in [-0.3, -0.25) is 5.32 Å². The summed E-state index contributed by atoms with van der Waals surface area (Å²) in [5.41, 5.74) is 2.64. The molecule has 132 valence electrons. The monoisotopic (exact) mass is 360 g/mol. The van der Waals surface area contributed by atoms with Gasteiger partial charge in [-0.15, -0.1) is 0 Å². The molecule has 25 heavy (non-hydrogen) atoms. The van der Waals surface area contributed by atoms with Crippen LogP contribution < -0.4 is 5.32 Å². The van der Waals surface area contributed by atoms with Crippen LogP contribution in [0.5, 0.6) is 0 Å². The maximum absolute atomic E-state index is 12.2. The number of halogens is 1. The van der Waals surface area contributed by atoms with E-state index in [4.69, 9.17) is 21.5 Å². The van der Waals surface area contributed by atoms with Gasteiger partial charge in [0.2, 0.25) is 0 Å². The summed E-state index contributed by atoms with van der Waals surface area (Å²) in [7, 11) is 0. The number of benzene rings is 2. The normalized spacial score (nSPS) is 12.0. The predicted molar refractivity (Wildman–Crippen MR) is 99.8 cm³/mol. The standard InChI is InChI=1S/C19H21ClN2O3/c1-12-10-16(8-9-17(12)20)21-18(23)25-19(3,4)15-7-5-6-14(11-15)13(2)22-24/h5-11,24H,1-4H3,(H,21,23)/b22-13+. The van der Waals surface area contributed by atoms with Crippen LogP contribution in [-0.2, 0) is 10.3 Å². The molecule has 2 aromatic carbocycles. The lowest BCUT2D eigenvalue weighted by Crippen LogP contribution is -2.28. The lowest BCUT2D eigenvalue weighted by molar-refractivity contribution is 0.0466. The number of nitrogens with one attached hydrogen (secondary N) is 1. The van der Waals surface area contributed by atoms with E-state index < -0.39 is 11.7 Å². The summed E-state index contributed by atoms with van der Waals surface area (Å²) in [5, 5.41) is 15.5. The fourth-order valence-corrected chi connectivity index (χ4v) is 2.45. The minimum atomic E-state index is -0.864. The van der Waals surface area contributed by atoms with E-state index in [0.717, 1.165) is 16.7 Å². The molecule has 2 aromatic rings. The summed E-state index contributed by atoms with van der Waals surface area (Å²) in [5.74, 6) is 0. The Morgan fingerprint density at radius 2 is 1.96 bits per heavy atom. The largest absolute Gasteiger partial charge is 0.438 e. The lowest BCUT2D eigenvalue weighted by atomic mass is 9.95. The fraction of sp³-hybridized carbons (Fsp3) is 0.263. The zero-order valence-electron chi connectivity index (χ0n) is 14.6. The second-order valence-corrected chi connectivity index (χ2v) is 6.66. The number of anilines is 1. The Labute approximate surface area is 152 Å². The second-order valence-electron chi connectivity index (χ2n) is 6.26. The van der Waals surface area contributed by atoms with Gasteiger partial charge in [0.15, 0.2) is 0 Å². The minimum Gasteiger partial charge on any atom is -0.438 e. The molecule has 0 heterocycles. The average Bonchev–Trinajstić information content (AvgIpc) is 2.57. The van der Waals surface area contributed by atoms with Gasteiger partial charge >= 0.3 is 6.09 Å². The molecule has 0 aromatic heterocycles. The molecule has 0 aliphatic heterocycles. The average molecular weight is 361 g/mol. The Bertz CT molecular complexity index is 816. The SMILES string of the molecule is C/C(=N\O)c1cccc(C(C)(C)OC(=O)Nc2ccc(Cl)c(C)c2)c1. The van der Waals surface area contributed by atoms with E-state index in [9.17, 15) is 4.79 Å². The molecule has 2 rings (SSSR count). The molecule has 0 saturated heterocycles. The summed E-state index contributed by atoms with van der Waals surface area (Å²) in [4.78, 5) is 12.2. The molecule has 2 N–H and O–H groups in total. The summed E-state index contributed by atoms with van der Waals surface area (Å²) in [6.45, 7) is 7.15. The first-order chi connectivity index (χ1) is 11.7. The van der Waals surface area contributed by atoms with E-state index in [0.29, 0.717) is 16.4 Å². The maximum Gasteiger partial charge on any atom is 0.412 e. The molecule has 0 spiro atoms. The van der Waals surface area contributed by atoms with Crippen molar-refractivity contribution in [3.05, 3.63) is 64.2 Å². The van der Waals surface area contributed by atoms with Crippen molar-refractivity contribution in [2.24, 2.45) is 5.16 Å². The highest BCUT2D eigenvalue weighted by atomic mass is 35.5. The highest BCUT2D eigenvalue weighted by molar-refractivity contribution is 6.31. The molecule has 6 heteroatoms. The van der Waals surface area contributed by atoms with Crippen molar-refractivity contribution in [1.29, 1.82) is 0 Å². The van der Waals surface area contributed by atoms with Gasteiger partial charge in [-0.1, -0.05) is 35.0 Å². The van der Waals surface area contributed by atoms with E-state index in [1.807, 2.05) is 31.2 Å². The topological polar surface area (TPSA) is 70.9 Å². The van der Waals surface area contributed by atoms with Gasteiger partial charge in [0.05, 0.1) is 5.71 Å². The first kappa shape index (κ1) is 18.8. The quantitative estimate of drug-likeness (QED) is 0.439. The van der Waals surface area contributed by atoms with Gasteiger partial charge in [0, 0.05) is 10.7 Å². The number of carbonyl (C=O) groups excluding carboxylic acids is 1. The van der Waals surface area contributed by atoms with Crippen molar-refractivity contribution in [2.45, 2.75) is 33.3 Å². The minimum absolute atomic E-state index is 0.485. The van der Waals surface area contributed by atoms with Gasteiger partial charge in [0.25, 0.3) is 0 Å². The van der Waals surface area contributed by atoms with Crippen molar-refractivity contribution in [3.63, 3.8) is 0 Å². The van der Waals surface area contributed by atoms with Crippen molar-refractivity contribution >= 4 is 29.1 Å². The van der Waals surface area contributed by atoms with Crippen molar-refractivity contribution in [2.75, 3.05) is 5.32 Å². The summed E-state index contributed by atoms with van der Waals surface area (Å²) < 4.78 is 5.58. The van der Waals surface area contributed by atoms with Crippen LogP contribution in [-0.4, -0.2) is 17.0 Å². The number of hydrogen-bond acceptors (Lipinski definition) is 4. The maximum atomic E-state index is 12.2. The van der Waals surface area contributed by atoms with Crippen molar-refractivity contribution in [1.82, 2.24) is 0 Å². The van der Waals surface area contributed by atoms with Crippen LogP contribution in [0.2, 0.25) is 5.02 Å². The van der Waals surface area contributed by atoms with Crippen LogP contribution >= 0.6 is 11.6 Å². The first-order valence-corrected chi connectivity index (χ1v) is 8.16. The number of oxime groups is 1. The Morgan fingerprint density at radius 3 is 2.60 bits per heavy atom. The zero-order chi connectivity index (χ0) is 18.6. The van der Waals surface area contributed by atoms with Gasteiger partial charge in [-0.25, -0.2) is 4.79 Å². The molecule has 0 radical (unpaired) electrons. The number of carbonyl (C=O) groups is 1. The molecule has 0 fully saturated rings. The van der Waals surface area contributed by atoms with Crippen LogP contribution in [0.4, 0.5) is 10.5 Å². The van der Waals surface area contributed by atoms with Crippen LogP contribution in [0.3, 0.4) is 0 Å². The van der Waals surface area contributed by atoms with E-state index >= 15 is 0 Å². The van der Waals surface area contributed by atoms with Gasteiger partial charge < -0.3 is 9.94 Å². The highest BCUT2D eigenvalue weighted by Gasteiger charge is 2.26. The van der Waals surface area contributed by atoms with Crippen molar-refractivity contribution in [3.8, 4) is 0 Å². The van der Waals surface area contributed by atoms with E-state index in [1.165, 1.54) is 0 Å². The number of ether oxygens (including phenoxy) is 1. The molecule has 0 unspecified atom stereocenters. The summed E-state index contributed by atoms with van der Waals surface area (Å²) >= 11 is 5.98. The smallest absolute Gasteiger partial charge is 0.412 e. The molecule has 1 amide bonds. The molecule has 0 aliphatic rings. The first-order valence-electron chi connectivity index (χ1n) is 7.78. The van der Waals surface area contributed by atoms with Gasteiger partial charge in [0.1, 0.15) is 5.60 Å². The van der Waals surface area contributed by atoms with Gasteiger partial charge in [-0.2, -0.15) is 0 Å². The second kappa shape index (κ2) is 7.57. The summed E-state index contributed by atoms with van der Waals surface area (Å²) in [6.07, 6.45) is -0.565. The Morgan fingerprint density at radius 1 is 1.24 bits per heavy atom. The van der Waals surface area contributed by atoms with E-state index in [2.05, 4.69) is 10.5 Å². The third kappa shape index (κ3) is 4.73. The number of aryl methyl sites for hydroxylation is 1. The number of hydrogen-bond donors (Lipinski definition) is 2. The molecule has 0 atom stereocenters. The third-order valence-electron chi connectivity index (χ3n) is 3.88. The Hall–Kier alpha value is -2.53. The number of amides is 1. The molecule has 0 aliphatic carbocycles. The molecule has 5 nitrogen and oxygen atoms in total. The lowest BCUT2D eigenvalue weighted by Gasteiger charge is -2.26. The van der Waals surface area contributed by atoms with Crippen LogP contribution in [0, 0.1) is 6.92 Å². The Kier molecular flexibility index (Phi) is 5.69. The molecular formula is C19H21ClN2O3. The zero-order valence-corrected chi connectivity index (χ0v) is 15.4. The van der Waals surface area contributed by atoms with Crippen LogP contribution in [0.1, 0.15) is 37.5 Å². The fourth-order valence-electron chi connectivity index (χ4n) is 2.33. The van der Waals surface area contributed by atoms with Crippen LogP contribution in [0.25, 0.3) is 0 Å². The number of rotatable bonds is 4. The molecule has 0 bridgehead atoms.